The van der Waals surface area contributed by atoms with Gasteiger partial charge in [-0.25, -0.2) is 0 Å². The summed E-state index contributed by atoms with van der Waals surface area (Å²) in [7, 11) is 0. The quantitative estimate of drug-likeness (QED) is 0.473. The Kier molecular flexibility index (Phi) is 3.00. The van der Waals surface area contributed by atoms with Gasteiger partial charge in [0.1, 0.15) is 6.29 Å². The van der Waals surface area contributed by atoms with Crippen LogP contribution < -0.4 is 0 Å². The molecule has 1 aliphatic heterocycles. The van der Waals surface area contributed by atoms with Gasteiger partial charge in [-0.05, 0) is 26.3 Å². The Morgan fingerprint density at radius 1 is 1.58 bits per heavy atom. The van der Waals surface area contributed by atoms with Gasteiger partial charge in [0.15, 0.2) is 5.79 Å². The van der Waals surface area contributed by atoms with Crippen molar-refractivity contribution in [3.05, 3.63) is 12.2 Å². The minimum Gasteiger partial charge on any atom is -0.348 e. The summed E-state index contributed by atoms with van der Waals surface area (Å²) in [5.41, 5.74) is 0. The van der Waals surface area contributed by atoms with E-state index in [1.807, 2.05) is 13.8 Å². The molecule has 0 bridgehead atoms. The Hall–Kier alpha value is -0.670. The van der Waals surface area contributed by atoms with E-state index in [1.165, 1.54) is 6.08 Å². The first kappa shape index (κ1) is 9.42. The molecule has 0 radical (unpaired) electrons. The zero-order valence-corrected chi connectivity index (χ0v) is 7.45. The predicted octanol–water partition coefficient (Wildman–Crippen LogP) is 1.28. The molecule has 0 saturated carbocycles. The van der Waals surface area contributed by atoms with Gasteiger partial charge in [-0.1, -0.05) is 6.08 Å². The average Bonchev–Trinajstić information content (AvgIpc) is 2.31. The maximum absolute atomic E-state index is 9.95. The molecule has 0 aromatic carbocycles. The standard InChI is InChI=1S/C9H14O3/c1-9(2)11-7-8(12-9)5-3-4-6-10/h3-4,6,8H,5,7H2,1-2H3/b4-3+/t8-/m0/s1. The smallest absolute Gasteiger partial charge is 0.163 e. The molecule has 0 spiro atoms. The minimum atomic E-state index is -0.459. The number of carbonyl (C=O) groups is 1. The van der Waals surface area contributed by atoms with Gasteiger partial charge in [0.25, 0.3) is 0 Å². The van der Waals surface area contributed by atoms with Crippen molar-refractivity contribution in [2.75, 3.05) is 6.61 Å². The molecule has 68 valence electrons. The van der Waals surface area contributed by atoms with Crippen LogP contribution in [0.5, 0.6) is 0 Å². The summed E-state index contributed by atoms with van der Waals surface area (Å²) in [5, 5.41) is 0. The van der Waals surface area contributed by atoms with Gasteiger partial charge in [0.2, 0.25) is 0 Å². The molecule has 0 aliphatic carbocycles. The summed E-state index contributed by atoms with van der Waals surface area (Å²) in [6, 6.07) is 0. The molecule has 3 nitrogen and oxygen atoms in total. The molecule has 1 rings (SSSR count). The van der Waals surface area contributed by atoms with E-state index in [0.717, 1.165) is 12.7 Å². The molecule has 0 unspecified atom stereocenters. The molecule has 1 aliphatic rings. The normalized spacial score (nSPS) is 28.0. The van der Waals surface area contributed by atoms with Crippen LogP contribution in [0.2, 0.25) is 0 Å². The van der Waals surface area contributed by atoms with Crippen LogP contribution in [-0.2, 0) is 14.3 Å². The van der Waals surface area contributed by atoms with Crippen LogP contribution in [0.4, 0.5) is 0 Å². The van der Waals surface area contributed by atoms with Gasteiger partial charge in [0.05, 0.1) is 12.7 Å². The monoisotopic (exact) mass is 170 g/mol. The summed E-state index contributed by atoms with van der Waals surface area (Å²) in [6.45, 7) is 4.38. The molecular formula is C9H14O3. The summed E-state index contributed by atoms with van der Waals surface area (Å²) < 4.78 is 10.8. The highest BCUT2D eigenvalue weighted by Gasteiger charge is 2.31. The van der Waals surface area contributed by atoms with E-state index in [-0.39, 0.29) is 6.10 Å². The van der Waals surface area contributed by atoms with Crippen molar-refractivity contribution in [3.8, 4) is 0 Å². The number of aldehydes is 1. The van der Waals surface area contributed by atoms with Crippen molar-refractivity contribution in [3.63, 3.8) is 0 Å². The molecule has 1 fully saturated rings. The van der Waals surface area contributed by atoms with E-state index >= 15 is 0 Å². The van der Waals surface area contributed by atoms with Gasteiger partial charge in [0, 0.05) is 0 Å². The molecule has 1 heterocycles. The zero-order chi connectivity index (χ0) is 9.03. The lowest BCUT2D eigenvalue weighted by atomic mass is 10.2. The Morgan fingerprint density at radius 3 is 2.83 bits per heavy atom. The van der Waals surface area contributed by atoms with E-state index in [1.54, 1.807) is 6.08 Å². The predicted molar refractivity (Wildman–Crippen MR) is 44.7 cm³/mol. The second-order valence-electron chi connectivity index (χ2n) is 3.25. The average molecular weight is 170 g/mol. The second-order valence-corrected chi connectivity index (χ2v) is 3.25. The first-order chi connectivity index (χ1) is 5.64. The third kappa shape index (κ3) is 2.75. The highest BCUT2D eigenvalue weighted by atomic mass is 16.7. The lowest BCUT2D eigenvalue weighted by Gasteiger charge is -2.16. The Balaban J connectivity index is 2.28. The van der Waals surface area contributed by atoms with E-state index in [2.05, 4.69) is 0 Å². The SMILES string of the molecule is CC1(C)OC[C@H](C/C=C/C=O)O1. The van der Waals surface area contributed by atoms with E-state index in [4.69, 9.17) is 9.47 Å². The van der Waals surface area contributed by atoms with Crippen molar-refractivity contribution in [1.29, 1.82) is 0 Å². The van der Waals surface area contributed by atoms with E-state index < -0.39 is 5.79 Å². The summed E-state index contributed by atoms with van der Waals surface area (Å²) in [6.07, 6.45) is 4.87. The summed E-state index contributed by atoms with van der Waals surface area (Å²) >= 11 is 0. The Labute approximate surface area is 72.4 Å². The minimum absolute atomic E-state index is 0.0937. The van der Waals surface area contributed by atoms with Crippen LogP contribution in [0, 0.1) is 0 Å². The fraction of sp³-hybridized carbons (Fsp3) is 0.667. The van der Waals surface area contributed by atoms with E-state index in [9.17, 15) is 4.79 Å². The van der Waals surface area contributed by atoms with Gasteiger partial charge >= 0.3 is 0 Å². The van der Waals surface area contributed by atoms with Crippen molar-refractivity contribution in [1.82, 2.24) is 0 Å². The van der Waals surface area contributed by atoms with Crippen molar-refractivity contribution in [2.24, 2.45) is 0 Å². The lowest BCUT2D eigenvalue weighted by Crippen LogP contribution is -2.21. The largest absolute Gasteiger partial charge is 0.348 e. The van der Waals surface area contributed by atoms with Crippen LogP contribution >= 0.6 is 0 Å². The summed E-state index contributed by atoms with van der Waals surface area (Å²) in [4.78, 5) is 9.95. The fourth-order valence-electron chi connectivity index (χ4n) is 1.17. The van der Waals surface area contributed by atoms with Gasteiger partial charge in [-0.2, -0.15) is 0 Å². The number of rotatable bonds is 3. The van der Waals surface area contributed by atoms with E-state index in [0.29, 0.717) is 6.61 Å². The van der Waals surface area contributed by atoms with Crippen LogP contribution in [0.25, 0.3) is 0 Å². The molecule has 1 atom stereocenters. The topological polar surface area (TPSA) is 35.5 Å². The van der Waals surface area contributed by atoms with Gasteiger partial charge < -0.3 is 9.47 Å². The third-order valence-electron chi connectivity index (χ3n) is 1.68. The number of carbonyl (C=O) groups excluding carboxylic acids is 1. The molecule has 0 amide bonds. The Morgan fingerprint density at radius 2 is 2.33 bits per heavy atom. The van der Waals surface area contributed by atoms with Crippen molar-refractivity contribution < 1.29 is 14.3 Å². The second kappa shape index (κ2) is 3.83. The first-order valence-electron chi connectivity index (χ1n) is 4.06. The Bertz CT molecular complexity index is 184. The van der Waals surface area contributed by atoms with Crippen LogP contribution in [0.3, 0.4) is 0 Å². The number of allylic oxidation sites excluding steroid dienone is 1. The fourth-order valence-corrected chi connectivity index (χ4v) is 1.17. The zero-order valence-electron chi connectivity index (χ0n) is 7.45. The first-order valence-corrected chi connectivity index (χ1v) is 4.06. The van der Waals surface area contributed by atoms with Crippen LogP contribution in [-0.4, -0.2) is 24.8 Å². The molecule has 1 saturated heterocycles. The van der Waals surface area contributed by atoms with Crippen LogP contribution in [0.1, 0.15) is 20.3 Å². The summed E-state index contributed by atoms with van der Waals surface area (Å²) in [5.74, 6) is -0.459. The van der Waals surface area contributed by atoms with Gasteiger partial charge in [-0.15, -0.1) is 0 Å². The third-order valence-corrected chi connectivity index (χ3v) is 1.68. The van der Waals surface area contributed by atoms with Crippen molar-refractivity contribution >= 4 is 6.29 Å². The molecule has 12 heavy (non-hydrogen) atoms. The number of hydrogen-bond donors (Lipinski definition) is 0. The molecular weight excluding hydrogens is 156 g/mol. The lowest BCUT2D eigenvalue weighted by molar-refractivity contribution is -0.137. The maximum Gasteiger partial charge on any atom is 0.163 e. The van der Waals surface area contributed by atoms with Crippen LogP contribution in [0.15, 0.2) is 12.2 Å². The van der Waals surface area contributed by atoms with Crippen molar-refractivity contribution in [2.45, 2.75) is 32.2 Å². The highest BCUT2D eigenvalue weighted by Crippen LogP contribution is 2.23. The molecule has 0 aromatic heterocycles. The highest BCUT2D eigenvalue weighted by molar-refractivity contribution is 5.64. The van der Waals surface area contributed by atoms with Gasteiger partial charge in [-0.3, -0.25) is 4.79 Å². The number of hydrogen-bond acceptors (Lipinski definition) is 3. The molecule has 0 aromatic rings. The number of ether oxygens (including phenoxy) is 2. The molecule has 0 N–H and O–H groups in total. The maximum atomic E-state index is 9.95. The molecule has 3 heteroatoms.